The fraction of sp³-hybridized carbons (Fsp3) is 0.0909. The summed E-state index contributed by atoms with van der Waals surface area (Å²) >= 11 is 4.94. The van der Waals surface area contributed by atoms with Crippen LogP contribution in [-0.2, 0) is 17.1 Å². The van der Waals surface area contributed by atoms with Gasteiger partial charge in [0.2, 0.25) is 0 Å². The minimum absolute atomic E-state index is 0.103. The average molecular weight is 516 g/mol. The van der Waals surface area contributed by atoms with E-state index in [1.54, 1.807) is 24.3 Å². The Bertz CT molecular complexity index is 1440. The third-order valence-electron chi connectivity index (χ3n) is 4.85. The number of thiazole rings is 1. The first-order valence-electron chi connectivity index (χ1n) is 9.26. The lowest BCUT2D eigenvalue weighted by Crippen LogP contribution is -2.26. The maximum absolute atomic E-state index is 12.9. The van der Waals surface area contributed by atoms with Crippen LogP contribution >= 0.6 is 27.3 Å². The van der Waals surface area contributed by atoms with Gasteiger partial charge in [-0.1, -0.05) is 35.6 Å². The molecule has 0 N–H and O–H groups in total. The Kier molecular flexibility index (Phi) is 5.83. The van der Waals surface area contributed by atoms with Gasteiger partial charge in [-0.15, -0.1) is 0 Å². The van der Waals surface area contributed by atoms with Crippen LogP contribution in [0.15, 0.2) is 87.2 Å². The second-order valence-electron chi connectivity index (χ2n) is 6.78. The second kappa shape index (κ2) is 8.41. The van der Waals surface area contributed by atoms with Crippen LogP contribution in [0.4, 0.5) is 5.69 Å². The van der Waals surface area contributed by atoms with Gasteiger partial charge in [0, 0.05) is 24.1 Å². The van der Waals surface area contributed by atoms with Crippen molar-refractivity contribution >= 4 is 59.1 Å². The highest BCUT2D eigenvalue weighted by Gasteiger charge is 2.21. The van der Waals surface area contributed by atoms with Crippen molar-refractivity contribution in [3.8, 4) is 0 Å². The number of carbonyl (C=O) groups is 1. The summed E-state index contributed by atoms with van der Waals surface area (Å²) < 4.78 is 30.8. The van der Waals surface area contributed by atoms with Crippen LogP contribution < -0.4 is 9.11 Å². The van der Waals surface area contributed by atoms with Crippen LogP contribution in [0, 0.1) is 0 Å². The standard InChI is InChI=1S/C22H18BrN3O3S2/c1-25-20-18(23)9-6-10-19(20)30-22(25)24-21(27)15-11-13-17(14-12-15)31(28,29)26(2)16-7-4-3-5-8-16/h3-14H,1-2H3. The minimum Gasteiger partial charge on any atom is -0.318 e. The summed E-state index contributed by atoms with van der Waals surface area (Å²) in [5.41, 5.74) is 1.84. The number of amides is 1. The van der Waals surface area contributed by atoms with Crippen LogP contribution in [0.3, 0.4) is 0 Å². The summed E-state index contributed by atoms with van der Waals surface area (Å²) in [6, 6.07) is 20.5. The van der Waals surface area contributed by atoms with E-state index in [-0.39, 0.29) is 4.90 Å². The van der Waals surface area contributed by atoms with E-state index in [1.165, 1.54) is 47.0 Å². The highest BCUT2D eigenvalue weighted by atomic mass is 79.9. The summed E-state index contributed by atoms with van der Waals surface area (Å²) in [4.78, 5) is 17.6. The van der Waals surface area contributed by atoms with Crippen LogP contribution in [0.5, 0.6) is 0 Å². The number of nitrogens with zero attached hydrogens (tertiary/aromatic N) is 3. The fourth-order valence-corrected chi connectivity index (χ4v) is 6.12. The van der Waals surface area contributed by atoms with Crippen LogP contribution in [-0.4, -0.2) is 25.9 Å². The third-order valence-corrected chi connectivity index (χ3v) is 8.39. The molecule has 0 aliphatic rings. The number of benzene rings is 3. The Morgan fingerprint density at radius 2 is 1.68 bits per heavy atom. The Balaban J connectivity index is 1.64. The third kappa shape index (κ3) is 4.08. The SMILES string of the molecule is CN(c1ccccc1)S(=O)(=O)c1ccc(C(=O)N=c2sc3cccc(Br)c3n2C)cc1. The molecular weight excluding hydrogens is 498 g/mol. The van der Waals surface area contributed by atoms with Gasteiger partial charge in [0.15, 0.2) is 4.80 Å². The van der Waals surface area contributed by atoms with Gasteiger partial charge in [-0.25, -0.2) is 8.42 Å². The van der Waals surface area contributed by atoms with Gasteiger partial charge in [-0.2, -0.15) is 4.99 Å². The summed E-state index contributed by atoms with van der Waals surface area (Å²) in [6.45, 7) is 0. The number of rotatable bonds is 4. The molecule has 0 unspecified atom stereocenters. The van der Waals surface area contributed by atoms with E-state index in [0.717, 1.165) is 14.7 Å². The van der Waals surface area contributed by atoms with E-state index in [0.29, 0.717) is 16.1 Å². The van der Waals surface area contributed by atoms with Crippen molar-refractivity contribution in [3.63, 3.8) is 0 Å². The topological polar surface area (TPSA) is 71.7 Å². The number of hydrogen-bond acceptors (Lipinski definition) is 4. The lowest BCUT2D eigenvalue weighted by Gasteiger charge is -2.19. The lowest BCUT2D eigenvalue weighted by atomic mass is 10.2. The van der Waals surface area contributed by atoms with Crippen LogP contribution in [0.1, 0.15) is 10.4 Å². The van der Waals surface area contributed by atoms with E-state index >= 15 is 0 Å². The Labute approximate surface area is 192 Å². The summed E-state index contributed by atoms with van der Waals surface area (Å²) in [7, 11) is -0.387. The molecule has 4 rings (SSSR count). The van der Waals surface area contributed by atoms with E-state index in [9.17, 15) is 13.2 Å². The molecule has 6 nitrogen and oxygen atoms in total. The maximum atomic E-state index is 12.9. The zero-order chi connectivity index (χ0) is 22.2. The molecule has 158 valence electrons. The summed E-state index contributed by atoms with van der Waals surface area (Å²) in [5.74, 6) is -0.432. The van der Waals surface area contributed by atoms with Gasteiger partial charge in [-0.05, 0) is 64.5 Å². The van der Waals surface area contributed by atoms with Gasteiger partial charge in [0.05, 0.1) is 20.8 Å². The van der Waals surface area contributed by atoms with Crippen molar-refractivity contribution in [1.29, 1.82) is 0 Å². The van der Waals surface area contributed by atoms with Gasteiger partial charge in [-0.3, -0.25) is 9.10 Å². The predicted octanol–water partition coefficient (Wildman–Crippen LogP) is 4.57. The molecule has 4 aromatic rings. The molecule has 1 amide bonds. The Hall–Kier alpha value is -2.75. The molecule has 3 aromatic carbocycles. The smallest absolute Gasteiger partial charge is 0.279 e. The molecule has 31 heavy (non-hydrogen) atoms. The van der Waals surface area contributed by atoms with Gasteiger partial charge in [0.1, 0.15) is 0 Å². The zero-order valence-electron chi connectivity index (χ0n) is 16.7. The molecule has 0 saturated carbocycles. The van der Waals surface area contributed by atoms with E-state index in [2.05, 4.69) is 20.9 Å². The van der Waals surface area contributed by atoms with E-state index < -0.39 is 15.9 Å². The molecule has 0 fully saturated rings. The maximum Gasteiger partial charge on any atom is 0.279 e. The molecule has 0 saturated heterocycles. The van der Waals surface area contributed by atoms with Gasteiger partial charge < -0.3 is 4.57 Å². The molecule has 1 heterocycles. The molecule has 0 radical (unpaired) electrons. The molecule has 0 bridgehead atoms. The normalized spacial score (nSPS) is 12.3. The Morgan fingerprint density at radius 1 is 1.00 bits per heavy atom. The van der Waals surface area contributed by atoms with Gasteiger partial charge in [0.25, 0.3) is 15.9 Å². The van der Waals surface area contributed by atoms with Crippen LogP contribution in [0.25, 0.3) is 10.2 Å². The number of hydrogen-bond donors (Lipinski definition) is 0. The number of anilines is 1. The van der Waals surface area contributed by atoms with Crippen molar-refractivity contribution in [2.24, 2.45) is 12.0 Å². The van der Waals surface area contributed by atoms with E-state index in [4.69, 9.17) is 0 Å². The van der Waals surface area contributed by atoms with Crippen molar-refractivity contribution in [3.05, 3.63) is 87.6 Å². The average Bonchev–Trinajstić information content (AvgIpc) is 3.10. The van der Waals surface area contributed by atoms with Crippen LogP contribution in [0.2, 0.25) is 0 Å². The first kappa shape index (κ1) is 21.5. The summed E-state index contributed by atoms with van der Waals surface area (Å²) in [6.07, 6.45) is 0. The van der Waals surface area contributed by atoms with Crippen molar-refractivity contribution < 1.29 is 13.2 Å². The first-order chi connectivity index (χ1) is 14.8. The molecular formula is C22H18BrN3O3S2. The number of aryl methyl sites for hydroxylation is 1. The quantitative estimate of drug-likeness (QED) is 0.399. The minimum atomic E-state index is -3.74. The molecule has 9 heteroatoms. The fourth-order valence-electron chi connectivity index (χ4n) is 3.12. The second-order valence-corrected chi connectivity index (χ2v) is 10.6. The van der Waals surface area contributed by atoms with E-state index in [1.807, 2.05) is 35.9 Å². The lowest BCUT2D eigenvalue weighted by molar-refractivity contribution is 0.0998. The summed E-state index contributed by atoms with van der Waals surface area (Å²) in [5, 5.41) is 0. The largest absolute Gasteiger partial charge is 0.318 e. The highest BCUT2D eigenvalue weighted by molar-refractivity contribution is 9.10. The predicted molar refractivity (Wildman–Crippen MR) is 127 cm³/mol. The number of carbonyl (C=O) groups excluding carboxylic acids is 1. The van der Waals surface area contributed by atoms with Crippen molar-refractivity contribution in [2.45, 2.75) is 4.90 Å². The highest BCUT2D eigenvalue weighted by Crippen LogP contribution is 2.25. The monoisotopic (exact) mass is 515 g/mol. The molecule has 0 spiro atoms. The molecule has 0 atom stereocenters. The Morgan fingerprint density at radius 3 is 2.32 bits per heavy atom. The van der Waals surface area contributed by atoms with Crippen molar-refractivity contribution in [1.82, 2.24) is 4.57 Å². The number of para-hydroxylation sites is 2. The first-order valence-corrected chi connectivity index (χ1v) is 12.3. The number of aromatic nitrogens is 1. The molecule has 0 aliphatic carbocycles. The number of halogens is 1. The molecule has 0 aliphatic heterocycles. The number of fused-ring (bicyclic) bond motifs is 1. The van der Waals surface area contributed by atoms with Gasteiger partial charge >= 0.3 is 0 Å². The van der Waals surface area contributed by atoms with Crippen molar-refractivity contribution in [2.75, 3.05) is 11.4 Å². The molecule has 1 aromatic heterocycles. The zero-order valence-corrected chi connectivity index (χ0v) is 19.9. The number of sulfonamides is 1.